The maximum absolute atomic E-state index is 6.83. The lowest BCUT2D eigenvalue weighted by molar-refractivity contribution is 0.666. The van der Waals surface area contributed by atoms with Crippen LogP contribution in [0.25, 0.3) is 117 Å². The summed E-state index contributed by atoms with van der Waals surface area (Å²) in [6, 6.07) is 52.6. The van der Waals surface area contributed by atoms with E-state index in [1.165, 1.54) is 21.9 Å². The lowest BCUT2D eigenvalue weighted by atomic mass is 9.88. The Morgan fingerprint density at radius 1 is 0.429 bits per heavy atom. The Bertz CT molecular complexity index is 3430. The summed E-state index contributed by atoms with van der Waals surface area (Å²) in [6.45, 7) is 0. The Labute approximate surface area is 321 Å². The minimum atomic E-state index is 0.604. The molecule has 0 radical (unpaired) electrons. The highest BCUT2D eigenvalue weighted by Gasteiger charge is 2.23. The predicted octanol–water partition coefficient (Wildman–Crippen LogP) is 13.6. The van der Waals surface area contributed by atoms with Gasteiger partial charge in [0.25, 0.3) is 0 Å². The van der Waals surface area contributed by atoms with Crippen LogP contribution in [0.4, 0.5) is 0 Å². The van der Waals surface area contributed by atoms with Crippen molar-refractivity contribution in [3.05, 3.63) is 169 Å². The van der Waals surface area contributed by atoms with Crippen molar-refractivity contribution in [2.75, 3.05) is 0 Å². The number of para-hydroxylation sites is 2. The van der Waals surface area contributed by atoms with Crippen LogP contribution in [0, 0.1) is 0 Å². The third-order valence-corrected chi connectivity index (χ3v) is 11.4. The summed E-state index contributed by atoms with van der Waals surface area (Å²) >= 11 is 0. The molecule has 0 spiro atoms. The normalized spacial score (nSPS) is 12.8. The fourth-order valence-electron chi connectivity index (χ4n) is 8.82. The number of aromatic nitrogens is 3. The first kappa shape index (κ1) is 31.0. The molecule has 1 aliphatic carbocycles. The molecule has 0 amide bonds. The van der Waals surface area contributed by atoms with Gasteiger partial charge < -0.3 is 8.83 Å². The van der Waals surface area contributed by atoms with Crippen LogP contribution >= 0.6 is 0 Å². The van der Waals surface area contributed by atoms with Gasteiger partial charge in [0, 0.05) is 54.7 Å². The number of rotatable bonds is 4. The van der Waals surface area contributed by atoms with Gasteiger partial charge in [0.05, 0.1) is 0 Å². The van der Waals surface area contributed by atoms with Crippen molar-refractivity contribution in [3.8, 4) is 45.3 Å². The van der Waals surface area contributed by atoms with Gasteiger partial charge >= 0.3 is 0 Å². The van der Waals surface area contributed by atoms with E-state index in [1.54, 1.807) is 0 Å². The Hall–Kier alpha value is -7.37. The second-order valence-corrected chi connectivity index (χ2v) is 14.6. The van der Waals surface area contributed by atoms with Crippen LogP contribution in [0.3, 0.4) is 0 Å². The van der Waals surface area contributed by atoms with Crippen molar-refractivity contribution in [2.24, 2.45) is 0 Å². The summed E-state index contributed by atoms with van der Waals surface area (Å²) < 4.78 is 13.6. The van der Waals surface area contributed by atoms with Crippen molar-refractivity contribution < 1.29 is 8.83 Å². The van der Waals surface area contributed by atoms with Crippen molar-refractivity contribution in [3.63, 3.8) is 0 Å². The van der Waals surface area contributed by atoms with Gasteiger partial charge in [-0.15, -0.1) is 0 Å². The average molecular weight is 718 g/mol. The van der Waals surface area contributed by atoms with Crippen LogP contribution in [0.2, 0.25) is 0 Å². The molecule has 0 aliphatic heterocycles. The highest BCUT2D eigenvalue weighted by atomic mass is 16.3. The lowest BCUT2D eigenvalue weighted by Crippen LogP contribution is -2.05. The van der Waals surface area contributed by atoms with Crippen LogP contribution < -0.4 is 0 Å². The summed E-state index contributed by atoms with van der Waals surface area (Å²) in [6.07, 6.45) is 6.42. The highest BCUT2D eigenvalue weighted by molar-refractivity contribution is 6.20. The average Bonchev–Trinajstić information content (AvgIpc) is 3.86. The van der Waals surface area contributed by atoms with E-state index in [4.69, 9.17) is 23.8 Å². The fourth-order valence-corrected chi connectivity index (χ4v) is 8.82. The van der Waals surface area contributed by atoms with Crippen molar-refractivity contribution in [1.29, 1.82) is 0 Å². The number of hydrogen-bond donors (Lipinski definition) is 0. The van der Waals surface area contributed by atoms with E-state index in [1.807, 2.05) is 30.3 Å². The Morgan fingerprint density at radius 3 is 1.93 bits per heavy atom. The molecule has 3 aromatic heterocycles. The predicted molar refractivity (Wildman–Crippen MR) is 228 cm³/mol. The molecule has 11 aromatic rings. The van der Waals surface area contributed by atoms with Crippen molar-refractivity contribution >= 4 is 71.5 Å². The molecule has 1 aliphatic rings. The maximum atomic E-state index is 6.83. The van der Waals surface area contributed by atoms with Crippen LogP contribution in [0.15, 0.2) is 167 Å². The molecule has 5 nitrogen and oxygen atoms in total. The number of nitrogens with zero attached hydrogens (tertiary/aromatic N) is 3. The molecule has 8 aromatic carbocycles. The molecule has 0 unspecified atom stereocenters. The molecule has 0 saturated carbocycles. The van der Waals surface area contributed by atoms with Crippen molar-refractivity contribution in [2.45, 2.75) is 12.8 Å². The molecule has 262 valence electrons. The first-order valence-corrected chi connectivity index (χ1v) is 19.1. The molecule has 0 atom stereocenters. The number of allylic oxidation sites excluding steroid dienone is 1. The summed E-state index contributed by atoms with van der Waals surface area (Å²) in [5.41, 5.74) is 10.6. The van der Waals surface area contributed by atoms with E-state index >= 15 is 0 Å². The molecule has 5 heteroatoms. The van der Waals surface area contributed by atoms with Crippen LogP contribution in [-0.4, -0.2) is 15.0 Å². The zero-order valence-electron chi connectivity index (χ0n) is 30.2. The quantitative estimate of drug-likeness (QED) is 0.181. The number of fused-ring (bicyclic) bond motifs is 11. The molecule has 0 bridgehead atoms. The Morgan fingerprint density at radius 2 is 1.07 bits per heavy atom. The van der Waals surface area contributed by atoms with Gasteiger partial charge in [0.2, 0.25) is 0 Å². The largest absolute Gasteiger partial charge is 0.455 e. The van der Waals surface area contributed by atoms with Gasteiger partial charge in [-0.2, -0.15) is 0 Å². The molecule has 0 fully saturated rings. The first-order chi connectivity index (χ1) is 27.8. The van der Waals surface area contributed by atoms with E-state index in [9.17, 15) is 0 Å². The minimum Gasteiger partial charge on any atom is -0.455 e. The van der Waals surface area contributed by atoms with E-state index in [-0.39, 0.29) is 0 Å². The fraction of sp³-hybridized carbons (Fsp3) is 0.0392. The number of hydrogen-bond acceptors (Lipinski definition) is 5. The van der Waals surface area contributed by atoms with Gasteiger partial charge in [0.15, 0.2) is 17.5 Å². The summed E-state index contributed by atoms with van der Waals surface area (Å²) in [7, 11) is 0. The second-order valence-electron chi connectivity index (χ2n) is 14.6. The van der Waals surface area contributed by atoms with Gasteiger partial charge in [-0.1, -0.05) is 146 Å². The minimum absolute atomic E-state index is 0.604. The zero-order chi connectivity index (χ0) is 36.7. The molecule has 0 N–H and O–H groups in total. The van der Waals surface area contributed by atoms with Gasteiger partial charge in [-0.05, 0) is 58.3 Å². The summed E-state index contributed by atoms with van der Waals surface area (Å²) in [4.78, 5) is 15.7. The Kier molecular flexibility index (Phi) is 6.69. The topological polar surface area (TPSA) is 65.0 Å². The third-order valence-electron chi connectivity index (χ3n) is 11.4. The third kappa shape index (κ3) is 4.64. The molecule has 12 rings (SSSR count). The van der Waals surface area contributed by atoms with Crippen LogP contribution in [0.5, 0.6) is 0 Å². The Balaban J connectivity index is 1.09. The lowest BCUT2D eigenvalue weighted by Gasteiger charge is -2.18. The molecule has 3 heterocycles. The SMILES string of the molecule is C1=Cc2c(c(-c3nc(-c4ccccc4)nc(-c4cccc5oc6c(-c7cccc8c7oc7c9ccccc9ccc87)cccc6c45)n3)cc3ccccc23)CC1. The summed E-state index contributed by atoms with van der Waals surface area (Å²) in [5, 5.41) is 8.80. The zero-order valence-corrected chi connectivity index (χ0v) is 30.2. The number of benzene rings is 8. The molecular weight excluding hydrogens is 687 g/mol. The van der Waals surface area contributed by atoms with Gasteiger partial charge in [-0.25, -0.2) is 15.0 Å². The van der Waals surface area contributed by atoms with E-state index < -0.39 is 0 Å². The smallest absolute Gasteiger partial charge is 0.164 e. The van der Waals surface area contributed by atoms with Crippen molar-refractivity contribution in [1.82, 2.24) is 15.0 Å². The molecular formula is C51H31N3O2. The van der Waals surface area contributed by atoms with E-state index in [0.717, 1.165) is 95.3 Å². The second kappa shape index (κ2) is 12.1. The van der Waals surface area contributed by atoms with E-state index in [2.05, 4.69) is 133 Å². The first-order valence-electron chi connectivity index (χ1n) is 19.1. The molecule has 56 heavy (non-hydrogen) atoms. The molecule has 0 saturated heterocycles. The van der Waals surface area contributed by atoms with Crippen LogP contribution in [-0.2, 0) is 6.42 Å². The number of furan rings is 2. The summed E-state index contributed by atoms with van der Waals surface area (Å²) in [5.74, 6) is 1.90. The highest BCUT2D eigenvalue weighted by Crippen LogP contribution is 2.44. The van der Waals surface area contributed by atoms with E-state index in [0.29, 0.717) is 17.5 Å². The monoisotopic (exact) mass is 717 g/mol. The van der Waals surface area contributed by atoms with Gasteiger partial charge in [0.1, 0.15) is 22.3 Å². The standard InChI is InChI=1S/C51H31N3O2/c1-2-14-31(15-3-1)49-52-50(54-51(53-49)43-29-32-16-5-6-17-33(32)35-19-8-9-20-36(35)43)42-25-12-26-44-45(42)41-24-11-23-38(48(41)55-44)37-21-10-22-39-40-28-27-30-13-4-7-18-34(30)46(40)56-47(37)39/h1-8,10-19,21-29H,9,20H2. The maximum Gasteiger partial charge on any atom is 0.164 e. The van der Waals surface area contributed by atoms with Gasteiger partial charge in [-0.3, -0.25) is 0 Å². The van der Waals surface area contributed by atoms with Crippen LogP contribution in [0.1, 0.15) is 17.5 Å².